The van der Waals surface area contributed by atoms with Crippen molar-refractivity contribution in [1.29, 1.82) is 0 Å². The minimum Gasteiger partial charge on any atom is -0.354 e. The van der Waals surface area contributed by atoms with Gasteiger partial charge in [-0.15, -0.1) is 0 Å². The van der Waals surface area contributed by atoms with Crippen molar-refractivity contribution in [1.82, 2.24) is 25.1 Å². The smallest absolute Gasteiger partial charge is 0.267 e. The number of para-hydroxylation sites is 1. The average molecular weight is 614 g/mol. The van der Waals surface area contributed by atoms with Crippen LogP contribution >= 0.6 is 0 Å². The Morgan fingerprint density at radius 1 is 0.956 bits per heavy atom. The summed E-state index contributed by atoms with van der Waals surface area (Å²) in [5.41, 5.74) is 5.70. The molecule has 1 aromatic carbocycles. The third-order valence-corrected chi connectivity index (χ3v) is 11.1. The third-order valence-electron chi connectivity index (χ3n) is 11.1. The Hall–Kier alpha value is -3.06. The van der Waals surface area contributed by atoms with Gasteiger partial charge in [-0.25, -0.2) is 0 Å². The van der Waals surface area contributed by atoms with E-state index in [9.17, 15) is 9.59 Å². The highest BCUT2D eigenvalue weighted by Gasteiger charge is 2.37. The Morgan fingerprint density at radius 2 is 1.67 bits per heavy atom. The number of nitrogens with one attached hydrogen (secondary N) is 3. The minimum absolute atomic E-state index is 0.0308. The molecule has 45 heavy (non-hydrogen) atoms. The molecule has 244 valence electrons. The van der Waals surface area contributed by atoms with Gasteiger partial charge in [0.2, 0.25) is 5.91 Å². The number of fused-ring (bicyclic) bond motifs is 3. The molecule has 7 nitrogen and oxygen atoms in total. The van der Waals surface area contributed by atoms with Gasteiger partial charge in [0.05, 0.1) is 6.42 Å². The summed E-state index contributed by atoms with van der Waals surface area (Å²) in [4.78, 5) is 31.9. The number of hydrogen-bond donors (Lipinski definition) is 3. The molecule has 1 spiro atoms. The third kappa shape index (κ3) is 7.67. The second-order valence-corrected chi connectivity index (χ2v) is 14.2. The number of amides is 2. The van der Waals surface area contributed by atoms with Gasteiger partial charge in [0.15, 0.2) is 0 Å². The highest BCUT2D eigenvalue weighted by molar-refractivity contribution is 5.93. The van der Waals surface area contributed by atoms with Crippen LogP contribution in [0, 0.1) is 5.92 Å². The quantitative estimate of drug-likeness (QED) is 0.236. The maximum absolute atomic E-state index is 13.2. The average Bonchev–Trinajstić information content (AvgIpc) is 3.63. The molecule has 2 amide bonds. The molecule has 0 atom stereocenters. The van der Waals surface area contributed by atoms with Crippen molar-refractivity contribution < 1.29 is 9.59 Å². The van der Waals surface area contributed by atoms with E-state index in [0.29, 0.717) is 18.9 Å². The summed E-state index contributed by atoms with van der Waals surface area (Å²) in [5, 5.41) is 8.31. The number of aromatic nitrogens is 2. The van der Waals surface area contributed by atoms with Gasteiger partial charge in [-0.05, 0) is 61.3 Å². The summed E-state index contributed by atoms with van der Waals surface area (Å²) >= 11 is 0. The zero-order chi connectivity index (χ0) is 31.1. The van der Waals surface area contributed by atoms with Crippen LogP contribution in [0.5, 0.6) is 0 Å². The van der Waals surface area contributed by atoms with Gasteiger partial charge in [0, 0.05) is 68.0 Å². The molecule has 0 bridgehead atoms. The van der Waals surface area contributed by atoms with Crippen LogP contribution in [-0.2, 0) is 30.2 Å². The second kappa shape index (κ2) is 15.0. The van der Waals surface area contributed by atoms with Gasteiger partial charge >= 0.3 is 0 Å². The number of benzene rings is 1. The van der Waals surface area contributed by atoms with Gasteiger partial charge in [-0.3, -0.25) is 9.59 Å². The van der Waals surface area contributed by atoms with Crippen LogP contribution in [0.15, 0.2) is 36.5 Å². The summed E-state index contributed by atoms with van der Waals surface area (Å²) in [6, 6.07) is 10.5. The first-order valence-corrected chi connectivity index (χ1v) is 18.1. The number of H-pyrrole nitrogens is 1. The van der Waals surface area contributed by atoms with Crippen molar-refractivity contribution in [3.63, 3.8) is 0 Å². The van der Waals surface area contributed by atoms with Gasteiger partial charge in [0.25, 0.3) is 5.91 Å². The van der Waals surface area contributed by atoms with Crippen molar-refractivity contribution in [3.8, 4) is 0 Å². The SMILES string of the molecule is Cn1cc(CC(=O)N2CCC(CCCCNC(=O)c3cc4c([nH]3)CCNC43CCCCCCCCCC3)CC2)c2ccccc21. The van der Waals surface area contributed by atoms with Gasteiger partial charge in [-0.1, -0.05) is 82.4 Å². The number of piperidine rings is 1. The predicted octanol–water partition coefficient (Wildman–Crippen LogP) is 7.14. The van der Waals surface area contributed by atoms with Crippen molar-refractivity contribution in [2.45, 2.75) is 115 Å². The fraction of sp³-hybridized carbons (Fsp3) is 0.632. The Balaban J connectivity index is 0.921. The van der Waals surface area contributed by atoms with Crippen LogP contribution in [0.1, 0.15) is 124 Å². The summed E-state index contributed by atoms with van der Waals surface area (Å²) in [5.74, 6) is 0.952. The van der Waals surface area contributed by atoms with Crippen LogP contribution in [0.2, 0.25) is 0 Å². The first-order valence-electron chi connectivity index (χ1n) is 18.1. The van der Waals surface area contributed by atoms with Gasteiger partial charge in [0.1, 0.15) is 5.69 Å². The fourth-order valence-corrected chi connectivity index (χ4v) is 8.42. The maximum Gasteiger partial charge on any atom is 0.267 e. The topological polar surface area (TPSA) is 82.2 Å². The number of hydrogen-bond acceptors (Lipinski definition) is 3. The standard InChI is InChI=1S/C38H55N5O2/c1-42-28-30(31-15-8-9-16-35(31)42)26-36(44)43-24-18-29(19-25-43)14-10-13-22-39-37(45)34-27-32-33(41-34)17-23-40-38(32)20-11-6-4-2-3-5-7-12-21-38/h8-9,15-16,27-29,40-41H,2-7,10-14,17-26H2,1H3,(H,39,45). The lowest BCUT2D eigenvalue weighted by molar-refractivity contribution is -0.131. The number of unbranched alkanes of at least 4 members (excludes halogenated alkanes) is 1. The van der Waals surface area contributed by atoms with E-state index in [2.05, 4.69) is 49.5 Å². The predicted molar refractivity (Wildman–Crippen MR) is 182 cm³/mol. The summed E-state index contributed by atoms with van der Waals surface area (Å²) < 4.78 is 2.12. The van der Waals surface area contributed by atoms with Crippen molar-refractivity contribution in [3.05, 3.63) is 59.0 Å². The molecule has 0 radical (unpaired) electrons. The highest BCUT2D eigenvalue weighted by atomic mass is 16.2. The molecule has 1 aliphatic carbocycles. The first kappa shape index (κ1) is 31.9. The number of aromatic amines is 1. The molecule has 7 heteroatoms. The van der Waals surface area contributed by atoms with E-state index in [1.807, 2.05) is 19.2 Å². The fourth-order valence-electron chi connectivity index (χ4n) is 8.42. The van der Waals surface area contributed by atoms with Crippen LogP contribution in [0.4, 0.5) is 0 Å². The molecule has 4 heterocycles. The minimum atomic E-state index is 0.0308. The number of rotatable bonds is 8. The summed E-state index contributed by atoms with van der Waals surface area (Å²) in [7, 11) is 2.05. The number of aryl methyl sites for hydroxylation is 1. The molecule has 3 aliphatic rings. The molecule has 1 saturated heterocycles. The van der Waals surface area contributed by atoms with Gasteiger partial charge in [-0.2, -0.15) is 0 Å². The van der Waals surface area contributed by atoms with Crippen LogP contribution in [0.3, 0.4) is 0 Å². The van der Waals surface area contributed by atoms with Crippen molar-refractivity contribution >= 4 is 22.7 Å². The van der Waals surface area contributed by atoms with E-state index in [1.54, 1.807) is 0 Å². The zero-order valence-corrected chi connectivity index (χ0v) is 27.6. The summed E-state index contributed by atoms with van der Waals surface area (Å²) in [6.07, 6.45) is 22.0. The molecule has 0 unspecified atom stereocenters. The van der Waals surface area contributed by atoms with E-state index in [-0.39, 0.29) is 17.4 Å². The molecular weight excluding hydrogens is 558 g/mol. The lowest BCUT2D eigenvalue weighted by Gasteiger charge is -2.39. The van der Waals surface area contributed by atoms with Crippen LogP contribution < -0.4 is 10.6 Å². The molecule has 2 aromatic heterocycles. The number of carbonyl (C=O) groups is 2. The Morgan fingerprint density at radius 3 is 2.42 bits per heavy atom. The highest BCUT2D eigenvalue weighted by Crippen LogP contribution is 2.39. The number of carbonyl (C=O) groups excluding carboxylic acids is 2. The molecule has 3 aromatic rings. The van der Waals surface area contributed by atoms with E-state index in [1.165, 1.54) is 92.8 Å². The Labute approximate surface area is 269 Å². The number of likely N-dealkylation sites (tertiary alicyclic amines) is 1. The molecule has 6 rings (SSSR count). The van der Waals surface area contributed by atoms with Crippen molar-refractivity contribution in [2.24, 2.45) is 13.0 Å². The maximum atomic E-state index is 13.2. The summed E-state index contributed by atoms with van der Waals surface area (Å²) in [6.45, 7) is 3.43. The van der Waals surface area contributed by atoms with Crippen LogP contribution in [-0.4, -0.2) is 52.4 Å². The Kier molecular flexibility index (Phi) is 10.6. The zero-order valence-electron chi connectivity index (χ0n) is 27.6. The van der Waals surface area contributed by atoms with Gasteiger partial charge < -0.3 is 25.1 Å². The van der Waals surface area contributed by atoms with Crippen LogP contribution in [0.25, 0.3) is 10.9 Å². The first-order chi connectivity index (χ1) is 22.0. The molecule has 3 N–H and O–H groups in total. The molecule has 2 aliphatic heterocycles. The van der Waals surface area contributed by atoms with E-state index in [4.69, 9.17) is 0 Å². The lowest BCUT2D eigenvalue weighted by Crippen LogP contribution is -2.47. The molecule has 2 fully saturated rings. The lowest BCUT2D eigenvalue weighted by atomic mass is 9.78. The largest absolute Gasteiger partial charge is 0.354 e. The van der Waals surface area contributed by atoms with E-state index in [0.717, 1.165) is 63.0 Å². The normalized spacial score (nSPS) is 19.7. The molecular formula is C38H55N5O2. The monoisotopic (exact) mass is 613 g/mol. The second-order valence-electron chi connectivity index (χ2n) is 14.2. The van der Waals surface area contributed by atoms with Crippen molar-refractivity contribution in [2.75, 3.05) is 26.2 Å². The number of nitrogens with zero attached hydrogens (tertiary/aromatic N) is 2. The molecule has 1 saturated carbocycles. The Bertz CT molecular complexity index is 1420. The van der Waals surface area contributed by atoms with E-state index >= 15 is 0 Å². The van der Waals surface area contributed by atoms with E-state index < -0.39 is 0 Å².